The largest absolute Gasteiger partial charge is 0.472 e. The van der Waals surface area contributed by atoms with Gasteiger partial charge in [0, 0.05) is 6.42 Å². The number of phosphoric acid groups is 1. The zero-order chi connectivity index (χ0) is 37.2. The fraction of sp³-hybridized carbons (Fsp3) is 0.683. The fourth-order valence-electron chi connectivity index (χ4n) is 4.79. The van der Waals surface area contributed by atoms with Crippen LogP contribution in [0.15, 0.2) is 72.9 Å². The Kier molecular flexibility index (Phi) is 31.5. The van der Waals surface area contributed by atoms with Crippen LogP contribution >= 0.6 is 7.82 Å². The molecule has 0 bridgehead atoms. The number of carbonyl (C=O) groups is 1. The molecule has 0 spiro atoms. The number of aliphatic hydroxyl groups excluding tert-OH is 1. The zero-order valence-corrected chi connectivity index (χ0v) is 33.2. The quantitative estimate of drug-likeness (QED) is 0.0270. The molecule has 50 heavy (non-hydrogen) atoms. The maximum absolute atomic E-state index is 12.8. The Bertz CT molecular complexity index is 1040. The summed E-state index contributed by atoms with van der Waals surface area (Å²) >= 11 is 0. The van der Waals surface area contributed by atoms with Crippen LogP contribution in [0.2, 0.25) is 0 Å². The third kappa shape index (κ3) is 34.4. The van der Waals surface area contributed by atoms with Gasteiger partial charge in [-0.1, -0.05) is 119 Å². The number of hydrogen-bond acceptors (Lipinski definition) is 5. The van der Waals surface area contributed by atoms with Gasteiger partial charge in [0.05, 0.1) is 39.9 Å². The molecule has 0 radical (unpaired) electrons. The number of nitrogens with zero attached hydrogens (tertiary/aromatic N) is 1. The van der Waals surface area contributed by atoms with Gasteiger partial charge in [0.25, 0.3) is 0 Å². The Balaban J connectivity index is 4.65. The Morgan fingerprint density at radius 1 is 0.700 bits per heavy atom. The van der Waals surface area contributed by atoms with E-state index in [1.54, 1.807) is 6.08 Å². The van der Waals surface area contributed by atoms with Gasteiger partial charge in [0.2, 0.25) is 5.91 Å². The summed E-state index contributed by atoms with van der Waals surface area (Å²) in [5, 5.41) is 13.7. The summed E-state index contributed by atoms with van der Waals surface area (Å²) in [7, 11) is 1.52. The number of aliphatic hydroxyl groups is 1. The smallest absolute Gasteiger partial charge is 0.387 e. The van der Waals surface area contributed by atoms with Crippen molar-refractivity contribution in [2.75, 3.05) is 40.9 Å². The van der Waals surface area contributed by atoms with Crippen molar-refractivity contribution < 1.29 is 32.9 Å². The van der Waals surface area contributed by atoms with E-state index < -0.39 is 20.0 Å². The van der Waals surface area contributed by atoms with Crippen molar-refractivity contribution in [3.63, 3.8) is 0 Å². The summed E-state index contributed by atoms with van der Waals surface area (Å²) in [5.74, 6) is -0.215. The van der Waals surface area contributed by atoms with E-state index in [1.165, 1.54) is 19.3 Å². The molecule has 1 amide bonds. The fourth-order valence-corrected chi connectivity index (χ4v) is 5.53. The number of hydrogen-bond donors (Lipinski definition) is 3. The van der Waals surface area contributed by atoms with E-state index in [0.29, 0.717) is 17.4 Å². The van der Waals surface area contributed by atoms with E-state index in [0.717, 1.165) is 89.9 Å². The van der Waals surface area contributed by atoms with Gasteiger partial charge in [0.1, 0.15) is 13.2 Å². The molecule has 0 aliphatic heterocycles. The molecular weight excluding hydrogens is 647 g/mol. The summed E-state index contributed by atoms with van der Waals surface area (Å²) in [6.07, 6.45) is 42.5. The maximum Gasteiger partial charge on any atom is 0.472 e. The molecule has 0 saturated carbocycles. The summed E-state index contributed by atoms with van der Waals surface area (Å²) in [5.41, 5.74) is 0. The van der Waals surface area contributed by atoms with Gasteiger partial charge in [-0.15, -0.1) is 0 Å². The van der Waals surface area contributed by atoms with Gasteiger partial charge in [-0.05, 0) is 77.0 Å². The normalized spacial score (nSPS) is 15.4. The van der Waals surface area contributed by atoms with Crippen molar-refractivity contribution in [2.24, 2.45) is 0 Å². The molecule has 0 fully saturated rings. The van der Waals surface area contributed by atoms with Crippen LogP contribution in [0, 0.1) is 0 Å². The molecule has 0 aromatic heterocycles. The van der Waals surface area contributed by atoms with Crippen LogP contribution in [0.25, 0.3) is 0 Å². The number of quaternary nitrogens is 1. The van der Waals surface area contributed by atoms with E-state index in [9.17, 15) is 19.4 Å². The minimum absolute atomic E-state index is 0.0460. The van der Waals surface area contributed by atoms with Crippen LogP contribution in [0.5, 0.6) is 0 Å². The third-order valence-corrected chi connectivity index (χ3v) is 8.87. The number of allylic oxidation sites excluding steroid dienone is 11. The minimum atomic E-state index is -4.35. The molecule has 0 aliphatic carbocycles. The van der Waals surface area contributed by atoms with Gasteiger partial charge in [0.15, 0.2) is 0 Å². The minimum Gasteiger partial charge on any atom is -0.387 e. The van der Waals surface area contributed by atoms with Crippen molar-refractivity contribution in [3.8, 4) is 0 Å². The lowest BCUT2D eigenvalue weighted by Crippen LogP contribution is -2.45. The van der Waals surface area contributed by atoms with E-state index in [-0.39, 0.29) is 19.1 Å². The topological polar surface area (TPSA) is 105 Å². The molecule has 0 aromatic rings. The molecule has 0 heterocycles. The molecule has 3 unspecified atom stereocenters. The highest BCUT2D eigenvalue weighted by atomic mass is 31.2. The second-order valence-corrected chi connectivity index (χ2v) is 15.4. The Labute approximate surface area is 306 Å². The van der Waals surface area contributed by atoms with Crippen LogP contribution in [0.1, 0.15) is 129 Å². The number of unbranched alkanes of at least 4 members (excludes halogenated alkanes) is 10. The van der Waals surface area contributed by atoms with Crippen molar-refractivity contribution in [2.45, 2.75) is 142 Å². The Hall–Kier alpha value is -2.06. The first-order valence-electron chi connectivity index (χ1n) is 19.3. The summed E-state index contributed by atoms with van der Waals surface area (Å²) < 4.78 is 23.4. The Morgan fingerprint density at radius 2 is 1.22 bits per heavy atom. The average molecular weight is 722 g/mol. The third-order valence-electron chi connectivity index (χ3n) is 7.89. The Morgan fingerprint density at radius 3 is 1.84 bits per heavy atom. The van der Waals surface area contributed by atoms with Crippen molar-refractivity contribution in [1.29, 1.82) is 0 Å². The highest BCUT2D eigenvalue weighted by molar-refractivity contribution is 7.47. The van der Waals surface area contributed by atoms with E-state index >= 15 is 0 Å². The van der Waals surface area contributed by atoms with Crippen molar-refractivity contribution >= 4 is 13.7 Å². The molecule has 9 heteroatoms. The number of phosphoric ester groups is 1. The van der Waals surface area contributed by atoms with Crippen LogP contribution in [-0.4, -0.2) is 73.4 Å². The van der Waals surface area contributed by atoms with Gasteiger partial charge in [-0.25, -0.2) is 4.57 Å². The van der Waals surface area contributed by atoms with Crippen LogP contribution in [0.4, 0.5) is 0 Å². The van der Waals surface area contributed by atoms with Crippen molar-refractivity contribution in [3.05, 3.63) is 72.9 Å². The average Bonchev–Trinajstić information content (AvgIpc) is 3.06. The molecule has 8 nitrogen and oxygen atoms in total. The molecule has 288 valence electrons. The first-order chi connectivity index (χ1) is 24.0. The SMILES string of the molecule is CC/C=C\C/C=C\C/C=C\CCCCCCCC(=O)NC(COP(=O)(O)OCC[N+](C)(C)C)C(O)/C=C/CC/C=C/CC/C=C/CCCCC. The highest BCUT2D eigenvalue weighted by Gasteiger charge is 2.27. The van der Waals surface area contributed by atoms with Crippen LogP contribution in [0.3, 0.4) is 0 Å². The van der Waals surface area contributed by atoms with Gasteiger partial charge in [-0.3, -0.25) is 13.8 Å². The molecule has 3 atom stereocenters. The van der Waals surface area contributed by atoms with Crippen molar-refractivity contribution in [1.82, 2.24) is 5.32 Å². The predicted octanol–water partition coefficient (Wildman–Crippen LogP) is 10.1. The summed E-state index contributed by atoms with van der Waals surface area (Å²) in [6.45, 7) is 4.58. The van der Waals surface area contributed by atoms with Gasteiger partial charge < -0.3 is 19.8 Å². The highest BCUT2D eigenvalue weighted by Crippen LogP contribution is 2.43. The number of rotatable bonds is 33. The summed E-state index contributed by atoms with van der Waals surface area (Å²) in [6, 6.07) is -0.879. The molecule has 3 N–H and O–H groups in total. The number of nitrogens with one attached hydrogen (secondary N) is 1. The zero-order valence-electron chi connectivity index (χ0n) is 32.4. The van der Waals surface area contributed by atoms with Gasteiger partial charge in [-0.2, -0.15) is 0 Å². The molecular formula is C41H74N2O6P+. The second kappa shape index (κ2) is 32.8. The standard InChI is InChI=1S/C41H73N2O6P/c1-6-8-10-12-14-16-18-20-21-23-25-27-29-31-33-35-41(45)42-39(38-49-50(46,47)48-37-36-43(3,4)5)40(44)34-32-30-28-26-24-22-19-17-15-13-11-9-7-2/h8,10,14-17,20-21,24,26,32,34,39-40,44H,6-7,9,11-13,18-19,22-23,25,27-31,33,35-38H2,1-5H3,(H-,42,45,46,47)/p+1/b10-8-,16-14-,17-15+,21-20-,26-24+,34-32+. The lowest BCUT2D eigenvalue weighted by Gasteiger charge is -2.25. The van der Waals surface area contributed by atoms with Gasteiger partial charge >= 0.3 is 7.82 Å². The summed E-state index contributed by atoms with van der Waals surface area (Å²) in [4.78, 5) is 23.0. The first kappa shape index (κ1) is 47.9. The lowest BCUT2D eigenvalue weighted by molar-refractivity contribution is -0.870. The number of likely N-dealkylation sites (N-methyl/N-ethyl adjacent to an activating group) is 1. The predicted molar refractivity (Wildman–Crippen MR) is 212 cm³/mol. The molecule has 0 saturated heterocycles. The van der Waals surface area contributed by atoms with E-state index in [2.05, 4.69) is 79.9 Å². The first-order valence-corrected chi connectivity index (χ1v) is 20.8. The van der Waals surface area contributed by atoms with E-state index in [4.69, 9.17) is 9.05 Å². The van der Waals surface area contributed by atoms with E-state index in [1.807, 2.05) is 27.2 Å². The molecule has 0 aromatic carbocycles. The number of carbonyl (C=O) groups excluding carboxylic acids is 1. The number of amides is 1. The van der Waals surface area contributed by atoms with Crippen LogP contribution in [-0.2, 0) is 18.4 Å². The molecule has 0 aliphatic rings. The monoisotopic (exact) mass is 722 g/mol. The van der Waals surface area contributed by atoms with Crippen LogP contribution < -0.4 is 5.32 Å². The lowest BCUT2D eigenvalue weighted by atomic mass is 10.1. The molecule has 0 rings (SSSR count). The maximum atomic E-state index is 12.8. The second-order valence-electron chi connectivity index (χ2n) is 13.9.